The quantitative estimate of drug-likeness (QED) is 0.467. The zero-order valence-electron chi connectivity index (χ0n) is 15.6. The molecule has 2 rings (SSSR count). The minimum atomic E-state index is -0.399. The molecule has 1 aromatic carbocycles. The van der Waals surface area contributed by atoms with Crippen LogP contribution in [-0.2, 0) is 9.59 Å². The molecule has 0 saturated heterocycles. The van der Waals surface area contributed by atoms with Crippen LogP contribution in [0.5, 0.6) is 5.75 Å². The molecule has 1 saturated carbocycles. The number of amides is 2. The van der Waals surface area contributed by atoms with Crippen LogP contribution in [0.1, 0.15) is 57.4 Å². The van der Waals surface area contributed by atoms with Gasteiger partial charge in [-0.15, -0.1) is 0 Å². The lowest BCUT2D eigenvalue weighted by atomic mass is 9.89. The number of hydrogen-bond donors (Lipinski definition) is 3. The van der Waals surface area contributed by atoms with Crippen molar-refractivity contribution in [2.75, 3.05) is 6.61 Å². The van der Waals surface area contributed by atoms with Crippen molar-refractivity contribution in [3.8, 4) is 5.75 Å². The summed E-state index contributed by atoms with van der Waals surface area (Å²) in [7, 11) is 0. The van der Waals surface area contributed by atoms with Crippen LogP contribution in [0.25, 0.3) is 0 Å². The fourth-order valence-electron chi connectivity index (χ4n) is 2.91. The van der Waals surface area contributed by atoms with E-state index in [-0.39, 0.29) is 23.5 Å². The Balaban J connectivity index is 1.71. The van der Waals surface area contributed by atoms with Gasteiger partial charge in [0, 0.05) is 5.92 Å². The Kier molecular flexibility index (Phi) is 8.50. The number of rotatable bonds is 5. The minimum absolute atomic E-state index is 0.00342. The number of nitrogens with one attached hydrogen (secondary N) is 3. The van der Waals surface area contributed by atoms with Crippen molar-refractivity contribution in [3.05, 3.63) is 28.2 Å². The molecular weight excluding hydrogens is 430 g/mol. The van der Waals surface area contributed by atoms with Crippen LogP contribution in [0.2, 0.25) is 0 Å². The van der Waals surface area contributed by atoms with Crippen molar-refractivity contribution in [1.29, 1.82) is 0 Å². The summed E-state index contributed by atoms with van der Waals surface area (Å²) in [5.74, 6) is 0.509. The molecule has 0 heterocycles. The predicted octanol–water partition coefficient (Wildman–Crippen LogP) is 3.55. The van der Waals surface area contributed by atoms with Gasteiger partial charge in [0.15, 0.2) is 11.7 Å². The summed E-state index contributed by atoms with van der Waals surface area (Å²) in [6, 6.07) is 5.78. The van der Waals surface area contributed by atoms with E-state index in [1.165, 1.54) is 12.0 Å². The van der Waals surface area contributed by atoms with Crippen molar-refractivity contribution in [2.45, 2.75) is 51.9 Å². The van der Waals surface area contributed by atoms with E-state index in [1.54, 1.807) is 0 Å². The lowest BCUT2D eigenvalue weighted by Crippen LogP contribution is -2.50. The van der Waals surface area contributed by atoms with E-state index < -0.39 is 5.91 Å². The second-order valence-electron chi connectivity index (χ2n) is 6.96. The maximum absolute atomic E-state index is 12.1. The average molecular weight is 456 g/mol. The average Bonchev–Trinajstić information content (AvgIpc) is 2.65. The maximum atomic E-state index is 12.1. The van der Waals surface area contributed by atoms with E-state index in [9.17, 15) is 9.59 Å². The Morgan fingerprint density at radius 3 is 2.56 bits per heavy atom. The van der Waals surface area contributed by atoms with E-state index in [0.717, 1.165) is 30.2 Å². The Hall–Kier alpha value is -1.67. The van der Waals surface area contributed by atoms with Gasteiger partial charge < -0.3 is 10.1 Å². The molecule has 1 aliphatic carbocycles. The van der Waals surface area contributed by atoms with Gasteiger partial charge in [0.25, 0.3) is 5.91 Å². The van der Waals surface area contributed by atoms with Crippen LogP contribution in [0.4, 0.5) is 0 Å². The van der Waals surface area contributed by atoms with Crippen molar-refractivity contribution < 1.29 is 14.3 Å². The molecule has 1 fully saturated rings. The number of carbonyl (C=O) groups is 2. The summed E-state index contributed by atoms with van der Waals surface area (Å²) in [5.41, 5.74) is 6.14. The number of ether oxygens (including phenoxy) is 1. The van der Waals surface area contributed by atoms with E-state index in [0.29, 0.717) is 11.7 Å². The van der Waals surface area contributed by atoms with Gasteiger partial charge in [0.2, 0.25) is 5.91 Å². The van der Waals surface area contributed by atoms with Crippen molar-refractivity contribution in [1.82, 2.24) is 16.2 Å². The summed E-state index contributed by atoms with van der Waals surface area (Å²) in [5, 5.41) is 2.71. The third-order valence-electron chi connectivity index (χ3n) is 4.51. The summed E-state index contributed by atoms with van der Waals surface area (Å²) < 4.78 is 6.31. The normalized spacial score (nSPS) is 14.5. The molecule has 1 aromatic rings. The summed E-state index contributed by atoms with van der Waals surface area (Å²) in [4.78, 5) is 24.0. The van der Waals surface area contributed by atoms with Gasteiger partial charge in [-0.3, -0.25) is 20.4 Å². The van der Waals surface area contributed by atoms with Crippen molar-refractivity contribution in [3.63, 3.8) is 0 Å². The highest BCUT2D eigenvalue weighted by molar-refractivity contribution is 9.10. The molecular formula is C19H26BrN3O3S. The first-order valence-corrected chi connectivity index (χ1v) is 10.4. The molecule has 148 valence electrons. The summed E-state index contributed by atoms with van der Waals surface area (Å²) in [6.45, 7) is 4.04. The van der Waals surface area contributed by atoms with Crippen molar-refractivity contribution >= 4 is 45.1 Å². The second-order valence-corrected chi connectivity index (χ2v) is 8.22. The van der Waals surface area contributed by atoms with E-state index >= 15 is 0 Å². The molecule has 0 atom stereocenters. The number of hydrazine groups is 1. The maximum Gasteiger partial charge on any atom is 0.276 e. The zero-order valence-corrected chi connectivity index (χ0v) is 18.0. The van der Waals surface area contributed by atoms with Gasteiger partial charge in [0.1, 0.15) is 5.75 Å². The Morgan fingerprint density at radius 2 is 1.93 bits per heavy atom. The van der Waals surface area contributed by atoms with Gasteiger partial charge in [-0.25, -0.2) is 0 Å². The highest BCUT2D eigenvalue weighted by atomic mass is 79.9. The van der Waals surface area contributed by atoms with E-state index in [2.05, 4.69) is 45.9 Å². The molecule has 0 spiro atoms. The first-order valence-electron chi connectivity index (χ1n) is 9.18. The van der Waals surface area contributed by atoms with Crippen LogP contribution < -0.4 is 20.9 Å². The number of thiocarbonyl (C=S) groups is 1. The van der Waals surface area contributed by atoms with Crippen LogP contribution >= 0.6 is 28.1 Å². The number of halogens is 1. The van der Waals surface area contributed by atoms with Crippen LogP contribution in [0, 0.1) is 5.92 Å². The lowest BCUT2D eigenvalue weighted by Gasteiger charge is -2.21. The molecule has 0 radical (unpaired) electrons. The first-order chi connectivity index (χ1) is 12.9. The Morgan fingerprint density at radius 1 is 1.22 bits per heavy atom. The second kappa shape index (κ2) is 10.6. The van der Waals surface area contributed by atoms with Gasteiger partial charge in [-0.2, -0.15) is 0 Å². The van der Waals surface area contributed by atoms with E-state index in [4.69, 9.17) is 17.0 Å². The number of carbonyl (C=O) groups excluding carboxylic acids is 2. The molecule has 0 unspecified atom stereocenters. The summed E-state index contributed by atoms with van der Waals surface area (Å²) >= 11 is 8.50. The smallest absolute Gasteiger partial charge is 0.276 e. The Labute approximate surface area is 173 Å². The van der Waals surface area contributed by atoms with Gasteiger partial charge in [0.05, 0.1) is 4.47 Å². The van der Waals surface area contributed by atoms with Gasteiger partial charge in [-0.05, 0) is 64.6 Å². The molecule has 27 heavy (non-hydrogen) atoms. The highest BCUT2D eigenvalue weighted by Gasteiger charge is 2.21. The largest absolute Gasteiger partial charge is 0.483 e. The van der Waals surface area contributed by atoms with Crippen LogP contribution in [0.3, 0.4) is 0 Å². The van der Waals surface area contributed by atoms with Crippen molar-refractivity contribution in [2.24, 2.45) is 5.92 Å². The molecule has 3 N–H and O–H groups in total. The predicted molar refractivity (Wildman–Crippen MR) is 112 cm³/mol. The zero-order chi connectivity index (χ0) is 19.8. The topological polar surface area (TPSA) is 79.5 Å². The lowest BCUT2D eigenvalue weighted by molar-refractivity contribution is -0.125. The molecule has 8 heteroatoms. The minimum Gasteiger partial charge on any atom is -0.483 e. The molecule has 0 aliphatic heterocycles. The molecule has 0 aromatic heterocycles. The number of hydrogen-bond acceptors (Lipinski definition) is 4. The third-order valence-corrected chi connectivity index (χ3v) is 5.33. The van der Waals surface area contributed by atoms with Crippen LogP contribution in [0.15, 0.2) is 22.7 Å². The van der Waals surface area contributed by atoms with Gasteiger partial charge >= 0.3 is 0 Å². The first kappa shape index (κ1) is 21.6. The Bertz CT molecular complexity index is 691. The summed E-state index contributed by atoms with van der Waals surface area (Å²) in [6.07, 6.45) is 5.09. The molecule has 1 aliphatic rings. The molecule has 2 amide bonds. The standard InChI is InChI=1S/C19H26BrN3O3S/c1-12(2)14-8-9-16(15(20)10-14)26-11-17(24)22-23-19(27)21-18(25)13-6-4-3-5-7-13/h8-10,12-13H,3-7,11H2,1-2H3,(H,22,24)(H2,21,23,25,27). The third kappa shape index (κ3) is 7.10. The van der Waals surface area contributed by atoms with E-state index in [1.807, 2.05) is 18.2 Å². The fraction of sp³-hybridized carbons (Fsp3) is 0.526. The highest BCUT2D eigenvalue weighted by Crippen LogP contribution is 2.28. The molecule has 6 nitrogen and oxygen atoms in total. The monoisotopic (exact) mass is 455 g/mol. The van der Waals surface area contributed by atoms with Gasteiger partial charge in [-0.1, -0.05) is 39.2 Å². The number of benzene rings is 1. The fourth-order valence-corrected chi connectivity index (χ4v) is 3.57. The SMILES string of the molecule is CC(C)c1ccc(OCC(=O)NNC(=S)NC(=O)C2CCCCC2)c(Br)c1. The van der Waals surface area contributed by atoms with Crippen LogP contribution in [-0.4, -0.2) is 23.5 Å². The molecule has 0 bridgehead atoms.